The number of hydrogen-bond donors (Lipinski definition) is 0. The third kappa shape index (κ3) is 2.19. The molecule has 0 aromatic heterocycles. The van der Waals surface area contributed by atoms with Crippen LogP contribution in [0.15, 0.2) is 12.2 Å². The van der Waals surface area contributed by atoms with Crippen molar-refractivity contribution in [3.63, 3.8) is 0 Å². The second-order valence-corrected chi connectivity index (χ2v) is 6.60. The van der Waals surface area contributed by atoms with Crippen molar-refractivity contribution in [1.82, 2.24) is 0 Å². The first-order chi connectivity index (χ1) is 7.99. The average Bonchev–Trinajstić information content (AvgIpc) is 2.62. The molecule has 0 heterocycles. The van der Waals surface area contributed by atoms with E-state index < -0.39 is 0 Å². The molecule has 0 amide bonds. The van der Waals surface area contributed by atoms with Gasteiger partial charge in [-0.2, -0.15) is 0 Å². The van der Waals surface area contributed by atoms with Crippen LogP contribution in [0.25, 0.3) is 0 Å². The summed E-state index contributed by atoms with van der Waals surface area (Å²) in [4.78, 5) is 12.1. The van der Waals surface area contributed by atoms with Crippen LogP contribution in [0, 0.1) is 23.2 Å². The maximum Gasteiger partial charge on any atom is 0.136 e. The lowest BCUT2D eigenvalue weighted by molar-refractivity contribution is -0.131. The number of rotatable bonds is 3. The Balaban J connectivity index is 2.30. The predicted octanol–water partition coefficient (Wildman–Crippen LogP) is 4.20. The zero-order chi connectivity index (χ0) is 12.6. The fourth-order valence-corrected chi connectivity index (χ4v) is 4.42. The van der Waals surface area contributed by atoms with Crippen LogP contribution in [0.2, 0.25) is 0 Å². The van der Waals surface area contributed by atoms with Gasteiger partial charge in [0.25, 0.3) is 0 Å². The van der Waals surface area contributed by atoms with E-state index in [0.29, 0.717) is 28.9 Å². The Morgan fingerprint density at radius 3 is 2.82 bits per heavy atom. The Bertz CT molecular complexity index is 336. The molecule has 0 aliphatic heterocycles. The second-order valence-electron chi connectivity index (χ2n) is 6.22. The van der Waals surface area contributed by atoms with E-state index in [-0.39, 0.29) is 5.92 Å². The lowest BCUT2D eigenvalue weighted by Gasteiger charge is -2.43. The highest BCUT2D eigenvalue weighted by Gasteiger charge is 2.52. The number of ketones is 1. The van der Waals surface area contributed by atoms with E-state index in [9.17, 15) is 4.79 Å². The van der Waals surface area contributed by atoms with Gasteiger partial charge in [-0.05, 0) is 49.9 Å². The molecule has 2 fully saturated rings. The molecule has 1 nitrogen and oxygen atoms in total. The number of allylic oxidation sites excluding steroid dienone is 1. The van der Waals surface area contributed by atoms with Crippen molar-refractivity contribution < 1.29 is 4.79 Å². The minimum atomic E-state index is 0.190. The minimum absolute atomic E-state index is 0.190. The van der Waals surface area contributed by atoms with E-state index in [4.69, 9.17) is 11.6 Å². The molecule has 4 atom stereocenters. The molecule has 0 unspecified atom stereocenters. The van der Waals surface area contributed by atoms with Crippen molar-refractivity contribution in [2.75, 3.05) is 5.88 Å². The van der Waals surface area contributed by atoms with Crippen LogP contribution in [0.3, 0.4) is 0 Å². The summed E-state index contributed by atoms with van der Waals surface area (Å²) in [5, 5.41) is 0. The number of fused-ring (bicyclic) bond motifs is 1. The summed E-state index contributed by atoms with van der Waals surface area (Å²) in [6.07, 6.45) is 5.14. The molecular formula is C15H23ClO. The van der Waals surface area contributed by atoms with E-state index in [1.165, 1.54) is 18.4 Å². The molecule has 2 saturated carbocycles. The Hall–Kier alpha value is -0.300. The van der Waals surface area contributed by atoms with Gasteiger partial charge in [-0.25, -0.2) is 0 Å². The maximum absolute atomic E-state index is 12.1. The highest BCUT2D eigenvalue weighted by Crippen LogP contribution is 2.58. The van der Waals surface area contributed by atoms with Gasteiger partial charge >= 0.3 is 0 Å². The standard InChI is InChI=1S/C15H23ClO/c1-10(2)11-4-7-15(3)8-5-13(17)12(6-9-16)14(11)15/h11-12,14H,1,4-9H2,2-3H3/t11-,12-,14+,15+/m0/s1. The number of halogens is 1. The van der Waals surface area contributed by atoms with Crippen molar-refractivity contribution in [1.29, 1.82) is 0 Å². The summed E-state index contributed by atoms with van der Waals surface area (Å²) in [5.41, 5.74) is 1.61. The molecule has 2 aliphatic carbocycles. The zero-order valence-corrected chi connectivity index (χ0v) is 11.7. The van der Waals surface area contributed by atoms with E-state index >= 15 is 0 Å². The van der Waals surface area contributed by atoms with Gasteiger partial charge in [0.15, 0.2) is 0 Å². The topological polar surface area (TPSA) is 17.1 Å². The second kappa shape index (κ2) is 4.76. The van der Waals surface area contributed by atoms with Crippen LogP contribution < -0.4 is 0 Å². The minimum Gasteiger partial charge on any atom is -0.299 e. The quantitative estimate of drug-likeness (QED) is 0.545. The van der Waals surface area contributed by atoms with E-state index in [1.54, 1.807) is 0 Å². The largest absolute Gasteiger partial charge is 0.299 e. The van der Waals surface area contributed by atoms with Gasteiger partial charge in [0, 0.05) is 18.2 Å². The molecule has 0 spiro atoms. The summed E-state index contributed by atoms with van der Waals surface area (Å²) < 4.78 is 0. The van der Waals surface area contributed by atoms with Crippen LogP contribution in [0.5, 0.6) is 0 Å². The molecule has 0 aromatic rings. The van der Waals surface area contributed by atoms with Crippen molar-refractivity contribution in [3.05, 3.63) is 12.2 Å². The third-order valence-electron chi connectivity index (χ3n) is 5.11. The number of alkyl halides is 1. The molecular weight excluding hydrogens is 232 g/mol. The molecule has 2 rings (SSSR count). The van der Waals surface area contributed by atoms with Crippen molar-refractivity contribution >= 4 is 17.4 Å². The Morgan fingerprint density at radius 2 is 2.24 bits per heavy atom. The van der Waals surface area contributed by atoms with Gasteiger partial charge in [-0.1, -0.05) is 19.1 Å². The predicted molar refractivity (Wildman–Crippen MR) is 72.2 cm³/mol. The van der Waals surface area contributed by atoms with Gasteiger partial charge in [0.05, 0.1) is 0 Å². The summed E-state index contributed by atoms with van der Waals surface area (Å²) in [5.74, 6) is 2.28. The van der Waals surface area contributed by atoms with Crippen molar-refractivity contribution in [3.8, 4) is 0 Å². The first-order valence-corrected chi connectivity index (χ1v) is 7.27. The first-order valence-electron chi connectivity index (χ1n) is 6.73. The van der Waals surface area contributed by atoms with E-state index in [2.05, 4.69) is 20.4 Å². The molecule has 2 aliphatic rings. The van der Waals surface area contributed by atoms with Crippen molar-refractivity contribution in [2.45, 2.75) is 46.0 Å². The van der Waals surface area contributed by atoms with E-state index in [1.807, 2.05) is 0 Å². The maximum atomic E-state index is 12.1. The first kappa shape index (κ1) is 13.1. The Kier molecular flexibility index (Phi) is 3.68. The van der Waals surface area contributed by atoms with Crippen LogP contribution in [-0.4, -0.2) is 11.7 Å². The highest BCUT2D eigenvalue weighted by molar-refractivity contribution is 6.18. The number of Topliss-reactive ketones (excluding diaryl/α,β-unsaturated/α-hetero) is 1. The van der Waals surface area contributed by atoms with Crippen LogP contribution >= 0.6 is 11.6 Å². The normalized spacial score (nSPS) is 41.4. The number of carbonyl (C=O) groups excluding carboxylic acids is 1. The Morgan fingerprint density at radius 1 is 1.53 bits per heavy atom. The molecule has 0 radical (unpaired) electrons. The molecule has 2 heteroatoms. The van der Waals surface area contributed by atoms with Gasteiger partial charge in [-0.3, -0.25) is 4.79 Å². The summed E-state index contributed by atoms with van der Waals surface area (Å²) in [6.45, 7) is 8.62. The average molecular weight is 255 g/mol. The SMILES string of the molecule is C=C(C)[C@@H]1CC[C@]2(C)CCC(=O)[C@H](CCCl)[C@@H]12. The fourth-order valence-electron chi connectivity index (χ4n) is 4.18. The number of carbonyl (C=O) groups is 1. The summed E-state index contributed by atoms with van der Waals surface area (Å²) in [6, 6.07) is 0. The van der Waals surface area contributed by atoms with Crippen LogP contribution in [0.1, 0.15) is 46.0 Å². The van der Waals surface area contributed by atoms with Gasteiger partial charge < -0.3 is 0 Å². The van der Waals surface area contributed by atoms with Crippen LogP contribution in [0.4, 0.5) is 0 Å². The van der Waals surface area contributed by atoms with E-state index in [0.717, 1.165) is 19.3 Å². The molecule has 17 heavy (non-hydrogen) atoms. The van der Waals surface area contributed by atoms with Crippen LogP contribution in [-0.2, 0) is 4.79 Å². The zero-order valence-electron chi connectivity index (χ0n) is 11.0. The molecule has 0 N–H and O–H groups in total. The monoisotopic (exact) mass is 254 g/mol. The fraction of sp³-hybridized carbons (Fsp3) is 0.800. The van der Waals surface area contributed by atoms with Gasteiger partial charge in [-0.15, -0.1) is 11.6 Å². The molecule has 96 valence electrons. The smallest absolute Gasteiger partial charge is 0.136 e. The third-order valence-corrected chi connectivity index (χ3v) is 5.33. The van der Waals surface area contributed by atoms with Gasteiger partial charge in [0.1, 0.15) is 5.78 Å². The summed E-state index contributed by atoms with van der Waals surface area (Å²) >= 11 is 5.89. The number of hydrogen-bond acceptors (Lipinski definition) is 1. The lowest BCUT2D eigenvalue weighted by Crippen LogP contribution is -2.41. The molecule has 0 aromatic carbocycles. The highest BCUT2D eigenvalue weighted by atomic mass is 35.5. The molecule has 0 saturated heterocycles. The lowest BCUT2D eigenvalue weighted by atomic mass is 9.60. The summed E-state index contributed by atoms with van der Waals surface area (Å²) in [7, 11) is 0. The van der Waals surface area contributed by atoms with Gasteiger partial charge in [0.2, 0.25) is 0 Å². The Labute approximate surface area is 110 Å². The van der Waals surface area contributed by atoms with Crippen molar-refractivity contribution in [2.24, 2.45) is 23.2 Å². The molecule has 0 bridgehead atoms.